The molecule has 0 saturated heterocycles. The van der Waals surface area contributed by atoms with Crippen molar-refractivity contribution < 1.29 is 13.2 Å². The smallest absolute Gasteiger partial charge is 0.241 e. The molecule has 0 atom stereocenters. The molecule has 2 aromatic rings. The summed E-state index contributed by atoms with van der Waals surface area (Å²) in [6, 6.07) is 11.1. The number of rotatable bonds is 4. The highest BCUT2D eigenvalue weighted by molar-refractivity contribution is 7.89. The van der Waals surface area contributed by atoms with Gasteiger partial charge in [0, 0.05) is 5.54 Å². The molecule has 2 aromatic carbocycles. The summed E-state index contributed by atoms with van der Waals surface area (Å²) in [5.41, 5.74) is -0.206. The van der Waals surface area contributed by atoms with E-state index < -0.39 is 10.0 Å². The second-order valence-corrected chi connectivity index (χ2v) is 10.4. The summed E-state index contributed by atoms with van der Waals surface area (Å²) in [6.45, 7) is 0. The number of hydrogen-bond acceptors (Lipinski definition) is 3. The van der Waals surface area contributed by atoms with Crippen LogP contribution in [0.4, 0.5) is 0 Å². The van der Waals surface area contributed by atoms with Gasteiger partial charge in [-0.15, -0.1) is 0 Å². The molecule has 6 rings (SSSR count). The Balaban J connectivity index is 1.46. The molecule has 4 nitrogen and oxygen atoms in total. The Morgan fingerprint density at radius 1 is 0.923 bits per heavy atom. The van der Waals surface area contributed by atoms with Gasteiger partial charge in [0.15, 0.2) is 0 Å². The third-order valence-electron chi connectivity index (χ3n) is 6.72. The number of sulfonamides is 1. The zero-order valence-corrected chi connectivity index (χ0v) is 15.9. The van der Waals surface area contributed by atoms with Gasteiger partial charge in [-0.3, -0.25) is 0 Å². The normalized spacial score (nSPS) is 32.9. The second kappa shape index (κ2) is 5.70. The van der Waals surface area contributed by atoms with Crippen molar-refractivity contribution in [2.75, 3.05) is 7.11 Å². The number of hydrogen-bond donors (Lipinski definition) is 1. The van der Waals surface area contributed by atoms with Crippen LogP contribution in [0.15, 0.2) is 41.3 Å². The highest BCUT2D eigenvalue weighted by Crippen LogP contribution is 2.56. The Labute approximate surface area is 155 Å². The fraction of sp³-hybridized carbons (Fsp3) is 0.524. The minimum absolute atomic E-state index is 0.206. The summed E-state index contributed by atoms with van der Waals surface area (Å²) in [6.07, 6.45) is 6.96. The minimum atomic E-state index is -3.51. The van der Waals surface area contributed by atoms with E-state index in [0.29, 0.717) is 22.6 Å². The van der Waals surface area contributed by atoms with Crippen LogP contribution in [0, 0.1) is 17.8 Å². The summed E-state index contributed by atoms with van der Waals surface area (Å²) in [7, 11) is -1.88. The van der Waals surface area contributed by atoms with Crippen molar-refractivity contribution in [3.63, 3.8) is 0 Å². The van der Waals surface area contributed by atoms with Crippen LogP contribution in [0.1, 0.15) is 38.5 Å². The van der Waals surface area contributed by atoms with Crippen LogP contribution >= 0.6 is 0 Å². The van der Waals surface area contributed by atoms with Gasteiger partial charge in [-0.1, -0.05) is 12.1 Å². The van der Waals surface area contributed by atoms with E-state index in [-0.39, 0.29) is 5.54 Å². The molecule has 4 aliphatic carbocycles. The summed E-state index contributed by atoms with van der Waals surface area (Å²) in [5, 5.41) is 1.90. The molecule has 1 N–H and O–H groups in total. The number of benzene rings is 2. The van der Waals surface area contributed by atoms with Crippen molar-refractivity contribution >= 4 is 20.8 Å². The van der Waals surface area contributed by atoms with Crippen molar-refractivity contribution in [1.29, 1.82) is 0 Å². The van der Waals surface area contributed by atoms with Crippen LogP contribution in [0.5, 0.6) is 5.75 Å². The lowest BCUT2D eigenvalue weighted by Gasteiger charge is -2.56. The van der Waals surface area contributed by atoms with Crippen LogP contribution in [-0.4, -0.2) is 21.1 Å². The lowest BCUT2D eigenvalue weighted by Crippen LogP contribution is -2.59. The van der Waals surface area contributed by atoms with E-state index in [9.17, 15) is 8.42 Å². The van der Waals surface area contributed by atoms with Gasteiger partial charge in [0.1, 0.15) is 5.75 Å². The first-order chi connectivity index (χ1) is 12.4. The largest absolute Gasteiger partial charge is 0.497 e. The molecule has 0 aromatic heterocycles. The minimum Gasteiger partial charge on any atom is -0.497 e. The first kappa shape index (κ1) is 16.6. The Morgan fingerprint density at radius 2 is 1.50 bits per heavy atom. The van der Waals surface area contributed by atoms with Gasteiger partial charge in [0.2, 0.25) is 10.0 Å². The summed E-state index contributed by atoms with van der Waals surface area (Å²) in [4.78, 5) is 0.367. The first-order valence-corrected chi connectivity index (χ1v) is 11.0. The average molecular weight is 372 g/mol. The van der Waals surface area contributed by atoms with E-state index in [1.165, 1.54) is 19.3 Å². The average Bonchev–Trinajstić information content (AvgIpc) is 2.58. The van der Waals surface area contributed by atoms with E-state index >= 15 is 0 Å². The van der Waals surface area contributed by atoms with Gasteiger partial charge < -0.3 is 4.74 Å². The van der Waals surface area contributed by atoms with Crippen molar-refractivity contribution in [2.45, 2.75) is 49.0 Å². The predicted octanol–water partition coefficient (Wildman–Crippen LogP) is 4.10. The third kappa shape index (κ3) is 2.72. The van der Waals surface area contributed by atoms with Gasteiger partial charge in [-0.05, 0) is 91.3 Å². The molecule has 0 unspecified atom stereocenters. The van der Waals surface area contributed by atoms with Gasteiger partial charge in [-0.25, -0.2) is 13.1 Å². The van der Waals surface area contributed by atoms with Crippen LogP contribution < -0.4 is 9.46 Å². The molecule has 0 amide bonds. The molecule has 4 fully saturated rings. The van der Waals surface area contributed by atoms with E-state index in [2.05, 4.69) is 4.72 Å². The van der Waals surface area contributed by atoms with Crippen molar-refractivity contribution in [1.82, 2.24) is 4.72 Å². The van der Waals surface area contributed by atoms with Crippen LogP contribution in [-0.2, 0) is 10.0 Å². The maximum Gasteiger partial charge on any atom is 0.241 e. The number of methoxy groups -OCH3 is 1. The van der Waals surface area contributed by atoms with Crippen molar-refractivity contribution in [3.05, 3.63) is 36.4 Å². The van der Waals surface area contributed by atoms with E-state index in [1.54, 1.807) is 19.2 Å². The van der Waals surface area contributed by atoms with Crippen LogP contribution in [0.25, 0.3) is 10.8 Å². The topological polar surface area (TPSA) is 55.4 Å². The summed E-state index contributed by atoms with van der Waals surface area (Å²) in [5.74, 6) is 2.92. The van der Waals surface area contributed by atoms with Crippen molar-refractivity contribution in [2.24, 2.45) is 17.8 Å². The summed E-state index contributed by atoms with van der Waals surface area (Å²) >= 11 is 0. The fourth-order valence-corrected chi connectivity index (χ4v) is 7.54. The number of fused-ring (bicyclic) bond motifs is 1. The monoisotopic (exact) mass is 371 g/mol. The quantitative estimate of drug-likeness (QED) is 0.880. The molecular formula is C21H25NO3S. The third-order valence-corrected chi connectivity index (χ3v) is 8.29. The Bertz CT molecular complexity index is 931. The molecule has 26 heavy (non-hydrogen) atoms. The van der Waals surface area contributed by atoms with E-state index in [0.717, 1.165) is 35.8 Å². The van der Waals surface area contributed by atoms with Crippen molar-refractivity contribution in [3.8, 4) is 5.75 Å². The molecule has 0 radical (unpaired) electrons. The van der Waals surface area contributed by atoms with E-state index in [1.807, 2.05) is 24.3 Å². The number of ether oxygens (including phenoxy) is 1. The van der Waals surface area contributed by atoms with Crippen LogP contribution in [0.3, 0.4) is 0 Å². The lowest BCUT2D eigenvalue weighted by atomic mass is 9.53. The molecule has 0 spiro atoms. The lowest BCUT2D eigenvalue weighted by molar-refractivity contribution is -0.00810. The molecular weight excluding hydrogens is 346 g/mol. The number of nitrogens with one attached hydrogen (secondary N) is 1. The Morgan fingerprint density at radius 3 is 2.12 bits per heavy atom. The van der Waals surface area contributed by atoms with E-state index in [4.69, 9.17) is 4.74 Å². The molecule has 5 heteroatoms. The Hall–Kier alpha value is -1.59. The molecule has 4 bridgehead atoms. The zero-order valence-electron chi connectivity index (χ0n) is 15.1. The zero-order chi connectivity index (χ0) is 17.9. The highest BCUT2D eigenvalue weighted by Gasteiger charge is 2.52. The SMILES string of the molecule is COc1ccc2cc(S(=O)(=O)NC34CC5CC(CC(C5)C3)C4)ccc2c1. The standard InChI is InChI=1S/C21H25NO3S/c1-25-19-4-2-18-10-20(5-3-17(18)9-19)26(23,24)22-21-11-14-6-15(12-21)8-16(7-14)13-21/h2-5,9-10,14-16,22H,6-8,11-13H2,1H3. The maximum atomic E-state index is 13.1. The van der Waals surface area contributed by atoms with Gasteiger partial charge in [0.25, 0.3) is 0 Å². The fourth-order valence-electron chi connectivity index (χ4n) is 6.08. The first-order valence-electron chi connectivity index (χ1n) is 9.56. The molecule has 0 aliphatic heterocycles. The Kier molecular flexibility index (Phi) is 3.63. The summed E-state index contributed by atoms with van der Waals surface area (Å²) < 4.78 is 34.7. The molecule has 0 heterocycles. The van der Waals surface area contributed by atoms with Gasteiger partial charge >= 0.3 is 0 Å². The van der Waals surface area contributed by atoms with Crippen LogP contribution in [0.2, 0.25) is 0 Å². The predicted molar refractivity (Wildman–Crippen MR) is 102 cm³/mol. The van der Waals surface area contributed by atoms with Gasteiger partial charge in [-0.2, -0.15) is 0 Å². The maximum absolute atomic E-state index is 13.1. The van der Waals surface area contributed by atoms with Gasteiger partial charge in [0.05, 0.1) is 12.0 Å². The molecule has 4 aliphatic rings. The second-order valence-electron chi connectivity index (χ2n) is 8.68. The highest BCUT2D eigenvalue weighted by atomic mass is 32.2. The molecule has 138 valence electrons. The molecule has 4 saturated carbocycles.